The average Bonchev–Trinajstić information content (AvgIpc) is 2.75. The molecule has 1 aliphatic heterocycles. The van der Waals surface area contributed by atoms with Crippen LogP contribution in [0, 0.1) is 5.82 Å². The minimum atomic E-state index is -0.224. The summed E-state index contributed by atoms with van der Waals surface area (Å²) in [6, 6.07) is 6.40. The number of aromatic nitrogens is 2. The third kappa shape index (κ3) is 2.51. The summed E-state index contributed by atoms with van der Waals surface area (Å²) in [6.07, 6.45) is 2.02. The van der Waals surface area contributed by atoms with E-state index in [0.717, 1.165) is 24.5 Å². The Kier molecular flexibility index (Phi) is 3.65. The molecule has 0 spiro atoms. The minimum absolute atomic E-state index is 0. The maximum Gasteiger partial charge on any atom is 0.123 e. The van der Waals surface area contributed by atoms with E-state index in [1.54, 1.807) is 12.1 Å². The smallest absolute Gasteiger partial charge is 0.123 e. The van der Waals surface area contributed by atoms with Gasteiger partial charge in [-0.15, -0.1) is 12.4 Å². The van der Waals surface area contributed by atoms with Crippen LogP contribution in [0.25, 0.3) is 5.69 Å². The number of nitrogens with zero attached hydrogens (tertiary/aromatic N) is 2. The van der Waals surface area contributed by atoms with Gasteiger partial charge in [0.2, 0.25) is 0 Å². The first-order valence-electron chi connectivity index (χ1n) is 6.12. The van der Waals surface area contributed by atoms with Gasteiger partial charge in [-0.3, -0.25) is 0 Å². The van der Waals surface area contributed by atoms with Gasteiger partial charge in [0.1, 0.15) is 5.82 Å². The van der Waals surface area contributed by atoms with Crippen molar-refractivity contribution in [2.24, 2.45) is 0 Å². The lowest BCUT2D eigenvalue weighted by molar-refractivity contribution is 0.423. The van der Waals surface area contributed by atoms with Gasteiger partial charge in [-0.25, -0.2) is 9.07 Å². The van der Waals surface area contributed by atoms with Crippen molar-refractivity contribution >= 4 is 12.4 Å². The molecule has 0 radical (unpaired) electrons. The predicted octanol–water partition coefficient (Wildman–Crippen LogP) is 2.81. The molecule has 0 saturated heterocycles. The van der Waals surface area contributed by atoms with E-state index >= 15 is 0 Å². The highest BCUT2D eigenvalue weighted by Crippen LogP contribution is 2.28. The van der Waals surface area contributed by atoms with Crippen LogP contribution in [-0.2, 0) is 12.0 Å². The summed E-state index contributed by atoms with van der Waals surface area (Å²) in [5, 5.41) is 8.05. The second-order valence-corrected chi connectivity index (χ2v) is 5.41. The Balaban J connectivity index is 0.00000133. The first-order valence-corrected chi connectivity index (χ1v) is 6.12. The Morgan fingerprint density at radius 3 is 2.58 bits per heavy atom. The van der Waals surface area contributed by atoms with E-state index in [0.29, 0.717) is 0 Å². The molecule has 1 aromatic carbocycles. The van der Waals surface area contributed by atoms with Gasteiger partial charge >= 0.3 is 0 Å². The van der Waals surface area contributed by atoms with E-state index in [9.17, 15) is 4.39 Å². The third-order valence-electron chi connectivity index (χ3n) is 3.40. The number of rotatable bonds is 1. The van der Waals surface area contributed by atoms with Crippen molar-refractivity contribution in [2.45, 2.75) is 25.8 Å². The lowest BCUT2D eigenvalue weighted by Gasteiger charge is -2.28. The summed E-state index contributed by atoms with van der Waals surface area (Å²) >= 11 is 0. The van der Waals surface area contributed by atoms with Crippen molar-refractivity contribution in [1.29, 1.82) is 0 Å². The summed E-state index contributed by atoms with van der Waals surface area (Å²) < 4.78 is 14.7. The molecule has 102 valence electrons. The maximum absolute atomic E-state index is 12.9. The van der Waals surface area contributed by atoms with E-state index in [1.807, 2.05) is 10.9 Å². The van der Waals surface area contributed by atoms with Crippen molar-refractivity contribution < 1.29 is 4.39 Å². The molecule has 1 aliphatic rings. The van der Waals surface area contributed by atoms with Gasteiger partial charge < -0.3 is 5.32 Å². The normalized spacial score (nSPS) is 16.6. The van der Waals surface area contributed by atoms with Crippen LogP contribution in [0.2, 0.25) is 0 Å². The Morgan fingerprint density at radius 1 is 1.26 bits per heavy atom. The zero-order valence-electron chi connectivity index (χ0n) is 11.0. The molecule has 0 amide bonds. The van der Waals surface area contributed by atoms with Crippen LogP contribution in [0.15, 0.2) is 30.5 Å². The summed E-state index contributed by atoms with van der Waals surface area (Å²) in [6.45, 7) is 6.14. The van der Waals surface area contributed by atoms with Crippen molar-refractivity contribution in [2.75, 3.05) is 6.54 Å². The van der Waals surface area contributed by atoms with Crippen LogP contribution < -0.4 is 5.32 Å². The van der Waals surface area contributed by atoms with Crippen LogP contribution in [0.4, 0.5) is 4.39 Å². The maximum atomic E-state index is 12.9. The van der Waals surface area contributed by atoms with Crippen molar-refractivity contribution in [3.05, 3.63) is 47.5 Å². The number of nitrogens with one attached hydrogen (secondary N) is 1. The molecule has 2 aromatic rings. The largest absolute Gasteiger partial charge is 0.312 e. The Hall–Kier alpha value is -1.39. The summed E-state index contributed by atoms with van der Waals surface area (Å²) in [7, 11) is 0. The number of hydrogen-bond acceptors (Lipinski definition) is 2. The molecular formula is C14H17ClFN3. The lowest BCUT2D eigenvalue weighted by atomic mass is 9.84. The summed E-state index contributed by atoms with van der Waals surface area (Å²) in [4.78, 5) is 0. The highest BCUT2D eigenvalue weighted by molar-refractivity contribution is 5.85. The van der Waals surface area contributed by atoms with Crippen molar-refractivity contribution in [3.8, 4) is 5.69 Å². The van der Waals surface area contributed by atoms with Gasteiger partial charge in [0.05, 0.1) is 11.4 Å². The Bertz CT molecular complexity index is 575. The molecule has 0 unspecified atom stereocenters. The zero-order valence-corrected chi connectivity index (χ0v) is 11.8. The first kappa shape index (κ1) is 14.0. The van der Waals surface area contributed by atoms with E-state index in [1.165, 1.54) is 17.7 Å². The third-order valence-corrected chi connectivity index (χ3v) is 3.40. The minimum Gasteiger partial charge on any atom is -0.312 e. The van der Waals surface area contributed by atoms with E-state index in [4.69, 9.17) is 0 Å². The Morgan fingerprint density at radius 2 is 1.95 bits per heavy atom. The molecule has 1 aromatic heterocycles. The van der Waals surface area contributed by atoms with Crippen LogP contribution in [-0.4, -0.2) is 16.3 Å². The van der Waals surface area contributed by atoms with Crippen molar-refractivity contribution in [1.82, 2.24) is 15.1 Å². The van der Waals surface area contributed by atoms with Crippen LogP contribution in [0.1, 0.15) is 25.1 Å². The fraction of sp³-hybridized carbons (Fsp3) is 0.357. The molecule has 0 atom stereocenters. The Labute approximate surface area is 118 Å². The van der Waals surface area contributed by atoms with Gasteiger partial charge in [-0.2, -0.15) is 5.10 Å². The molecule has 0 fully saturated rings. The highest BCUT2D eigenvalue weighted by atomic mass is 35.5. The van der Waals surface area contributed by atoms with Crippen LogP contribution in [0.5, 0.6) is 0 Å². The second kappa shape index (κ2) is 4.94. The van der Waals surface area contributed by atoms with Gasteiger partial charge in [-0.05, 0) is 24.3 Å². The molecule has 0 bridgehead atoms. The standard InChI is InChI=1S/C14H16FN3.ClH/c1-14(2)9-16-7-10-8-18(17-13(10)14)12-5-3-11(15)4-6-12;/h3-6,8,16H,7,9H2,1-2H3;1H. The zero-order chi connectivity index (χ0) is 12.8. The quantitative estimate of drug-likeness (QED) is 0.871. The van der Waals surface area contributed by atoms with E-state index < -0.39 is 0 Å². The summed E-state index contributed by atoms with van der Waals surface area (Å²) in [5.41, 5.74) is 3.28. The topological polar surface area (TPSA) is 29.9 Å². The van der Waals surface area contributed by atoms with E-state index in [-0.39, 0.29) is 23.6 Å². The molecule has 3 nitrogen and oxygen atoms in total. The molecule has 19 heavy (non-hydrogen) atoms. The van der Waals surface area contributed by atoms with Gasteiger partial charge in [-0.1, -0.05) is 13.8 Å². The average molecular weight is 282 g/mol. The molecule has 0 aliphatic carbocycles. The fourth-order valence-electron chi connectivity index (χ4n) is 2.43. The molecule has 5 heteroatoms. The monoisotopic (exact) mass is 281 g/mol. The number of benzene rings is 1. The van der Waals surface area contributed by atoms with Crippen LogP contribution >= 0.6 is 12.4 Å². The predicted molar refractivity (Wildman–Crippen MR) is 75.5 cm³/mol. The molecule has 2 heterocycles. The molecular weight excluding hydrogens is 265 g/mol. The lowest BCUT2D eigenvalue weighted by Crippen LogP contribution is -2.38. The number of hydrogen-bond donors (Lipinski definition) is 1. The van der Waals surface area contributed by atoms with Crippen LogP contribution in [0.3, 0.4) is 0 Å². The second-order valence-electron chi connectivity index (χ2n) is 5.41. The summed E-state index contributed by atoms with van der Waals surface area (Å²) in [5.74, 6) is -0.224. The van der Waals surface area contributed by atoms with Gasteiger partial charge in [0.25, 0.3) is 0 Å². The van der Waals surface area contributed by atoms with Gasteiger partial charge in [0, 0.05) is 30.3 Å². The van der Waals surface area contributed by atoms with Crippen molar-refractivity contribution in [3.63, 3.8) is 0 Å². The van der Waals surface area contributed by atoms with Gasteiger partial charge in [0.15, 0.2) is 0 Å². The fourth-order valence-corrected chi connectivity index (χ4v) is 2.43. The van der Waals surface area contributed by atoms with E-state index in [2.05, 4.69) is 24.3 Å². The number of fused-ring (bicyclic) bond motifs is 1. The molecule has 3 rings (SSSR count). The number of halogens is 2. The molecule has 1 N–H and O–H groups in total. The first-order chi connectivity index (χ1) is 8.56. The highest BCUT2D eigenvalue weighted by Gasteiger charge is 2.30. The molecule has 0 saturated carbocycles. The SMILES string of the molecule is CC1(C)CNCc2cn(-c3ccc(F)cc3)nc21.Cl.